The lowest BCUT2D eigenvalue weighted by Crippen LogP contribution is -2.25. The second-order valence-corrected chi connectivity index (χ2v) is 11.0. The van der Waals surface area contributed by atoms with Crippen LogP contribution in [-0.2, 0) is 27.3 Å². The molecule has 5 heterocycles. The first kappa shape index (κ1) is 28.7. The molecule has 4 aromatic rings. The highest BCUT2D eigenvalue weighted by molar-refractivity contribution is 5.96. The summed E-state index contributed by atoms with van der Waals surface area (Å²) in [5, 5.41) is 4.66. The van der Waals surface area contributed by atoms with E-state index in [2.05, 4.69) is 38.8 Å². The molecule has 1 saturated heterocycles. The summed E-state index contributed by atoms with van der Waals surface area (Å²) in [7, 11) is 1.71. The molecule has 7 rings (SSSR count). The van der Waals surface area contributed by atoms with Crippen molar-refractivity contribution >= 4 is 17.4 Å². The van der Waals surface area contributed by atoms with Gasteiger partial charge in [0.1, 0.15) is 23.3 Å². The number of aromatic nitrogens is 5. The number of benzene rings is 2. The fourth-order valence-corrected chi connectivity index (χ4v) is 6.03. The number of esters is 1. The summed E-state index contributed by atoms with van der Waals surface area (Å²) in [6, 6.07) is 26.7. The van der Waals surface area contributed by atoms with Crippen molar-refractivity contribution in [2.75, 3.05) is 31.8 Å². The number of methoxy groups -OCH3 is 1. The minimum absolute atomic E-state index is 0.00457. The molecule has 0 radical (unpaired) electrons. The molecule has 0 bridgehead atoms. The van der Waals surface area contributed by atoms with Crippen LogP contribution in [0.25, 0.3) is 28.3 Å². The van der Waals surface area contributed by atoms with Gasteiger partial charge in [-0.05, 0) is 30.2 Å². The highest BCUT2D eigenvalue weighted by atomic mass is 16.5. The van der Waals surface area contributed by atoms with Gasteiger partial charge in [-0.25, -0.2) is 14.8 Å². The van der Waals surface area contributed by atoms with Crippen molar-refractivity contribution in [2.24, 2.45) is 0 Å². The Bertz CT molecular complexity index is 1850. The number of ether oxygens (including phenoxy) is 3. The molecule has 0 N–H and O–H groups in total. The average Bonchev–Trinajstić information content (AvgIpc) is 3.83. The molecule has 2 aromatic carbocycles. The van der Waals surface area contributed by atoms with Gasteiger partial charge in [0.2, 0.25) is 0 Å². The minimum atomic E-state index is -0.462. The molecule has 3 aliphatic heterocycles. The largest absolute Gasteiger partial charge is 0.462 e. The fourth-order valence-electron chi connectivity index (χ4n) is 6.03. The third-order valence-electron chi connectivity index (χ3n) is 8.24. The SMILES string of the molecule is CCOC(=O)c1cnn2c(N(Cc3ccccc3)Cc3ccccc3)cc(-c3cnc4n(C5COC[C@H]5OC)cccc3-4)nc12. The molecule has 2 atom stereocenters. The number of anilines is 1. The van der Waals surface area contributed by atoms with Gasteiger partial charge in [-0.2, -0.15) is 9.61 Å². The molecule has 45 heavy (non-hydrogen) atoms. The summed E-state index contributed by atoms with van der Waals surface area (Å²) >= 11 is 0. The Morgan fingerprint density at radius 2 is 1.69 bits per heavy atom. The predicted octanol–water partition coefficient (Wildman–Crippen LogP) is 5.67. The Labute approximate surface area is 261 Å². The van der Waals surface area contributed by atoms with Crippen LogP contribution in [0.15, 0.2) is 97.5 Å². The topological polar surface area (TPSA) is 96.0 Å². The van der Waals surface area contributed by atoms with E-state index >= 15 is 0 Å². The van der Waals surface area contributed by atoms with Gasteiger partial charge in [-0.1, -0.05) is 60.7 Å². The molecule has 0 amide bonds. The molecule has 0 saturated carbocycles. The van der Waals surface area contributed by atoms with E-state index in [-0.39, 0.29) is 18.8 Å². The second kappa shape index (κ2) is 12.5. The van der Waals surface area contributed by atoms with Crippen molar-refractivity contribution in [3.8, 4) is 22.6 Å². The van der Waals surface area contributed by atoms with Crippen molar-refractivity contribution < 1.29 is 19.0 Å². The molecule has 1 fully saturated rings. The lowest BCUT2D eigenvalue weighted by Gasteiger charge is -2.26. The molecule has 10 nitrogen and oxygen atoms in total. The first-order valence-corrected chi connectivity index (χ1v) is 15.1. The Hall–Kier alpha value is -5.06. The number of rotatable bonds is 10. The Morgan fingerprint density at radius 1 is 0.956 bits per heavy atom. The monoisotopic (exact) mass is 602 g/mol. The van der Waals surface area contributed by atoms with Gasteiger partial charge in [-0.15, -0.1) is 0 Å². The summed E-state index contributed by atoms with van der Waals surface area (Å²) in [6.45, 7) is 4.35. The zero-order chi connectivity index (χ0) is 30.8. The number of pyridine rings is 1. The Kier molecular flexibility index (Phi) is 7.98. The first-order chi connectivity index (χ1) is 22.1. The zero-order valence-corrected chi connectivity index (χ0v) is 25.2. The minimum Gasteiger partial charge on any atom is -0.462 e. The van der Waals surface area contributed by atoms with Gasteiger partial charge in [-0.3, -0.25) is 0 Å². The molecule has 0 aliphatic carbocycles. The van der Waals surface area contributed by atoms with Crippen LogP contribution < -0.4 is 4.90 Å². The smallest absolute Gasteiger partial charge is 0.343 e. The van der Waals surface area contributed by atoms with Gasteiger partial charge >= 0.3 is 5.97 Å². The van der Waals surface area contributed by atoms with Gasteiger partial charge in [0.15, 0.2) is 5.65 Å². The van der Waals surface area contributed by atoms with Crippen LogP contribution in [0.3, 0.4) is 0 Å². The molecule has 0 spiro atoms. The maximum absolute atomic E-state index is 13.1. The summed E-state index contributed by atoms with van der Waals surface area (Å²) in [5.41, 5.74) is 5.50. The number of nitrogens with zero attached hydrogens (tertiary/aromatic N) is 6. The molecule has 1 unspecified atom stereocenters. The standard InChI is InChI=1S/C35H34N6O4/c1-3-45-35(42)28-19-37-41-32(39(20-24-11-6-4-7-12-24)21-25-13-8-5-9-14-25)17-29(38-34(28)41)27-18-36-33-26(27)15-10-16-40(33)30-22-44-23-31(30)43-2/h4-19,30-31H,3,20-23H2,1-2H3/t30?,31-/m1/s1. The molecule has 2 aromatic heterocycles. The lowest BCUT2D eigenvalue weighted by molar-refractivity contribution is 0.0528. The molecule has 10 heteroatoms. The number of fused-ring (bicyclic) bond motifs is 2. The van der Waals surface area contributed by atoms with Crippen LogP contribution in [0.2, 0.25) is 0 Å². The van der Waals surface area contributed by atoms with Crippen molar-refractivity contribution in [1.29, 1.82) is 0 Å². The van der Waals surface area contributed by atoms with E-state index in [0.29, 0.717) is 43.2 Å². The van der Waals surface area contributed by atoms with E-state index in [0.717, 1.165) is 33.9 Å². The Morgan fingerprint density at radius 3 is 2.38 bits per heavy atom. The van der Waals surface area contributed by atoms with Crippen LogP contribution in [0.4, 0.5) is 5.82 Å². The summed E-state index contributed by atoms with van der Waals surface area (Å²) in [4.78, 5) is 25.2. The van der Waals surface area contributed by atoms with Gasteiger partial charge in [0.05, 0.1) is 37.8 Å². The van der Waals surface area contributed by atoms with E-state index in [4.69, 9.17) is 24.2 Å². The number of carbonyl (C=O) groups is 1. The van der Waals surface area contributed by atoms with Gasteiger partial charge in [0, 0.05) is 49.8 Å². The normalized spacial score (nSPS) is 16.4. The zero-order valence-electron chi connectivity index (χ0n) is 25.2. The summed E-state index contributed by atoms with van der Waals surface area (Å²) < 4.78 is 20.7. The van der Waals surface area contributed by atoms with E-state index in [9.17, 15) is 4.79 Å². The van der Waals surface area contributed by atoms with E-state index in [1.165, 1.54) is 6.20 Å². The van der Waals surface area contributed by atoms with Crippen LogP contribution in [0.5, 0.6) is 0 Å². The Balaban J connectivity index is 1.38. The van der Waals surface area contributed by atoms with Crippen molar-refractivity contribution in [3.05, 3.63) is 114 Å². The lowest BCUT2D eigenvalue weighted by atomic mass is 10.1. The van der Waals surface area contributed by atoms with Crippen LogP contribution in [0.1, 0.15) is 34.5 Å². The third-order valence-corrected chi connectivity index (χ3v) is 8.24. The highest BCUT2D eigenvalue weighted by Gasteiger charge is 2.32. The van der Waals surface area contributed by atoms with Crippen LogP contribution >= 0.6 is 0 Å². The van der Waals surface area contributed by atoms with Crippen molar-refractivity contribution in [1.82, 2.24) is 24.1 Å². The quantitative estimate of drug-likeness (QED) is 0.185. The molecular weight excluding hydrogens is 568 g/mol. The third kappa shape index (κ3) is 5.54. The number of hydrogen-bond donors (Lipinski definition) is 0. The predicted molar refractivity (Wildman–Crippen MR) is 170 cm³/mol. The van der Waals surface area contributed by atoms with Crippen LogP contribution in [0, 0.1) is 0 Å². The second-order valence-electron chi connectivity index (χ2n) is 11.0. The van der Waals surface area contributed by atoms with Crippen molar-refractivity contribution in [2.45, 2.75) is 32.2 Å². The van der Waals surface area contributed by atoms with Gasteiger partial charge in [0.25, 0.3) is 0 Å². The maximum atomic E-state index is 13.1. The first-order valence-electron chi connectivity index (χ1n) is 15.1. The molecule has 228 valence electrons. The summed E-state index contributed by atoms with van der Waals surface area (Å²) in [5.74, 6) is 1.15. The van der Waals surface area contributed by atoms with Crippen LogP contribution in [-0.4, -0.2) is 63.2 Å². The van der Waals surface area contributed by atoms with Crippen molar-refractivity contribution in [3.63, 3.8) is 0 Å². The van der Waals surface area contributed by atoms with E-state index < -0.39 is 5.97 Å². The fraction of sp³-hybridized carbons (Fsp3) is 0.257. The number of hydrogen-bond acceptors (Lipinski definition) is 8. The van der Waals surface area contributed by atoms with E-state index in [1.807, 2.05) is 67.0 Å². The highest BCUT2D eigenvalue weighted by Crippen LogP contribution is 2.37. The van der Waals surface area contributed by atoms with Gasteiger partial charge < -0.3 is 23.7 Å². The average molecular weight is 603 g/mol. The van der Waals surface area contributed by atoms with E-state index in [1.54, 1.807) is 18.5 Å². The molecular formula is C35H34N6O4. The number of carbonyl (C=O) groups excluding carboxylic acids is 1. The maximum Gasteiger partial charge on any atom is 0.343 e. The molecule has 3 aliphatic rings. The summed E-state index contributed by atoms with van der Waals surface area (Å²) in [6.07, 6.45) is 5.34.